The van der Waals surface area contributed by atoms with Crippen LogP contribution in [0, 0.1) is 0 Å². The van der Waals surface area contributed by atoms with E-state index in [9.17, 15) is 4.79 Å². The zero-order valence-electron chi connectivity index (χ0n) is 12.6. The van der Waals surface area contributed by atoms with Gasteiger partial charge in [0.1, 0.15) is 5.82 Å². The molecule has 0 bridgehead atoms. The van der Waals surface area contributed by atoms with Crippen molar-refractivity contribution in [1.29, 1.82) is 0 Å². The van der Waals surface area contributed by atoms with Gasteiger partial charge in [-0.25, -0.2) is 9.48 Å². The molecule has 0 atom stereocenters. The first-order valence-corrected chi connectivity index (χ1v) is 7.73. The highest BCUT2D eigenvalue weighted by Crippen LogP contribution is 2.22. The van der Waals surface area contributed by atoms with Crippen molar-refractivity contribution in [2.24, 2.45) is 0 Å². The van der Waals surface area contributed by atoms with Gasteiger partial charge in [0.15, 0.2) is 0 Å². The fraction of sp³-hybridized carbons (Fsp3) is 0.857. The van der Waals surface area contributed by atoms with Gasteiger partial charge in [0.05, 0.1) is 13.2 Å². The van der Waals surface area contributed by atoms with Crippen LogP contribution >= 0.6 is 0 Å². The summed E-state index contributed by atoms with van der Waals surface area (Å²) in [5, 5.41) is 7.91. The molecule has 114 valence electrons. The monoisotopic (exact) mass is 282 g/mol. The molecule has 1 aliphatic heterocycles. The molecule has 2 rings (SSSR count). The topological polar surface area (TPSA) is 61.1 Å². The number of hydrogen-bond acceptors (Lipinski definition) is 4. The Hall–Kier alpha value is -1.14. The minimum absolute atomic E-state index is 0.00105. The van der Waals surface area contributed by atoms with E-state index >= 15 is 0 Å². The second-order valence-electron chi connectivity index (χ2n) is 5.24. The first-order chi connectivity index (χ1) is 9.77. The summed E-state index contributed by atoms with van der Waals surface area (Å²) < 4.78 is 8.83. The summed E-state index contributed by atoms with van der Waals surface area (Å²) in [7, 11) is 0. The van der Waals surface area contributed by atoms with Gasteiger partial charge in [-0.1, -0.05) is 6.92 Å². The molecule has 0 aromatic carbocycles. The maximum absolute atomic E-state index is 12.3. The number of rotatable bonds is 7. The normalized spacial score (nSPS) is 16.7. The van der Waals surface area contributed by atoms with Crippen LogP contribution in [-0.2, 0) is 17.8 Å². The van der Waals surface area contributed by atoms with Crippen molar-refractivity contribution in [2.75, 3.05) is 26.3 Å². The average Bonchev–Trinajstić information content (AvgIpc) is 2.81. The number of piperidine rings is 1. The lowest BCUT2D eigenvalue weighted by Crippen LogP contribution is -2.29. The van der Waals surface area contributed by atoms with Crippen LogP contribution in [0.15, 0.2) is 4.79 Å². The minimum Gasteiger partial charge on any atom is -0.380 e. The Labute approximate surface area is 120 Å². The van der Waals surface area contributed by atoms with Crippen molar-refractivity contribution in [3.05, 3.63) is 16.3 Å². The Bertz CT molecular complexity index is 460. The summed E-state index contributed by atoms with van der Waals surface area (Å²) in [6, 6.07) is 0. The molecule has 6 heteroatoms. The van der Waals surface area contributed by atoms with Gasteiger partial charge in [-0.2, -0.15) is 5.10 Å². The maximum Gasteiger partial charge on any atom is 0.345 e. The molecular formula is C14H26N4O2. The molecule has 0 unspecified atom stereocenters. The molecular weight excluding hydrogens is 256 g/mol. The van der Waals surface area contributed by atoms with Gasteiger partial charge in [0, 0.05) is 19.1 Å². The molecule has 1 saturated heterocycles. The lowest BCUT2D eigenvalue weighted by molar-refractivity contribution is 0.123. The summed E-state index contributed by atoms with van der Waals surface area (Å²) in [5.41, 5.74) is 0.00105. The average molecular weight is 282 g/mol. The van der Waals surface area contributed by atoms with Crippen LogP contribution in [0.3, 0.4) is 0 Å². The lowest BCUT2D eigenvalue weighted by atomic mass is 9.97. The molecule has 1 aromatic heterocycles. The third kappa shape index (κ3) is 3.49. The van der Waals surface area contributed by atoms with Gasteiger partial charge >= 0.3 is 5.69 Å². The van der Waals surface area contributed by atoms with Crippen LogP contribution in [0.5, 0.6) is 0 Å². The SMILES string of the molecule is CCCOCCn1nc(C2CCNCC2)n(CC)c1=O. The van der Waals surface area contributed by atoms with Crippen molar-refractivity contribution in [3.63, 3.8) is 0 Å². The largest absolute Gasteiger partial charge is 0.380 e. The quantitative estimate of drug-likeness (QED) is 0.757. The Kier molecular flexibility index (Phi) is 5.79. The van der Waals surface area contributed by atoms with E-state index < -0.39 is 0 Å². The molecule has 0 radical (unpaired) electrons. The van der Waals surface area contributed by atoms with E-state index in [1.807, 2.05) is 11.5 Å². The van der Waals surface area contributed by atoms with Crippen LogP contribution in [-0.4, -0.2) is 40.7 Å². The van der Waals surface area contributed by atoms with Gasteiger partial charge < -0.3 is 10.1 Å². The van der Waals surface area contributed by atoms with E-state index in [2.05, 4.69) is 17.3 Å². The highest BCUT2D eigenvalue weighted by atomic mass is 16.5. The summed E-state index contributed by atoms with van der Waals surface area (Å²) in [6.07, 6.45) is 3.12. The molecule has 1 fully saturated rings. The van der Waals surface area contributed by atoms with Crippen LogP contribution in [0.25, 0.3) is 0 Å². The van der Waals surface area contributed by atoms with Gasteiger partial charge in [-0.3, -0.25) is 4.57 Å². The van der Waals surface area contributed by atoms with E-state index in [4.69, 9.17) is 4.74 Å². The van der Waals surface area contributed by atoms with Crippen LogP contribution < -0.4 is 11.0 Å². The van der Waals surface area contributed by atoms with E-state index in [0.29, 0.717) is 25.6 Å². The summed E-state index contributed by atoms with van der Waals surface area (Å²) >= 11 is 0. The maximum atomic E-state index is 12.3. The molecule has 0 spiro atoms. The summed E-state index contributed by atoms with van der Waals surface area (Å²) in [5.74, 6) is 1.36. The second kappa shape index (κ2) is 7.59. The molecule has 0 saturated carbocycles. The highest BCUT2D eigenvalue weighted by molar-refractivity contribution is 4.99. The molecule has 2 heterocycles. The van der Waals surface area contributed by atoms with Crippen LogP contribution in [0.1, 0.15) is 44.9 Å². The Morgan fingerprint density at radius 2 is 2.05 bits per heavy atom. The van der Waals surface area contributed by atoms with Crippen molar-refractivity contribution in [1.82, 2.24) is 19.7 Å². The Morgan fingerprint density at radius 1 is 1.30 bits per heavy atom. The molecule has 0 amide bonds. The molecule has 1 N–H and O–H groups in total. The molecule has 1 aliphatic rings. The smallest absolute Gasteiger partial charge is 0.345 e. The Balaban J connectivity index is 2.09. The van der Waals surface area contributed by atoms with Crippen molar-refractivity contribution in [3.8, 4) is 0 Å². The number of aromatic nitrogens is 3. The number of ether oxygens (including phenoxy) is 1. The van der Waals surface area contributed by atoms with E-state index in [1.54, 1.807) is 4.68 Å². The van der Waals surface area contributed by atoms with Gasteiger partial charge in [-0.05, 0) is 39.3 Å². The first kappa shape index (κ1) is 15.3. The van der Waals surface area contributed by atoms with Crippen molar-refractivity contribution in [2.45, 2.75) is 52.1 Å². The standard InChI is InChI=1S/C14H26N4O2/c1-3-10-20-11-9-18-14(19)17(4-2)13(16-18)12-5-7-15-8-6-12/h12,15H,3-11H2,1-2H3. The molecule has 1 aromatic rings. The first-order valence-electron chi connectivity index (χ1n) is 7.73. The molecule has 6 nitrogen and oxygen atoms in total. The van der Waals surface area contributed by atoms with Gasteiger partial charge in [0.25, 0.3) is 0 Å². The predicted octanol–water partition coefficient (Wildman–Crippen LogP) is 0.958. The van der Waals surface area contributed by atoms with Crippen LogP contribution in [0.4, 0.5) is 0 Å². The fourth-order valence-electron chi connectivity index (χ4n) is 2.68. The van der Waals surface area contributed by atoms with Gasteiger partial charge in [0.2, 0.25) is 0 Å². The second-order valence-corrected chi connectivity index (χ2v) is 5.24. The zero-order valence-corrected chi connectivity index (χ0v) is 12.6. The number of hydrogen-bond donors (Lipinski definition) is 1. The zero-order chi connectivity index (χ0) is 14.4. The van der Waals surface area contributed by atoms with Gasteiger partial charge in [-0.15, -0.1) is 0 Å². The van der Waals surface area contributed by atoms with Crippen molar-refractivity contribution >= 4 is 0 Å². The van der Waals surface area contributed by atoms with E-state index in [1.165, 1.54) is 0 Å². The third-order valence-electron chi connectivity index (χ3n) is 3.77. The van der Waals surface area contributed by atoms with E-state index in [0.717, 1.165) is 44.8 Å². The molecule has 0 aliphatic carbocycles. The minimum atomic E-state index is 0.00105. The third-order valence-corrected chi connectivity index (χ3v) is 3.77. The summed E-state index contributed by atoms with van der Waals surface area (Å²) in [4.78, 5) is 12.3. The summed E-state index contributed by atoms with van der Waals surface area (Å²) in [6.45, 7) is 8.63. The highest BCUT2D eigenvalue weighted by Gasteiger charge is 2.23. The molecule has 20 heavy (non-hydrogen) atoms. The lowest BCUT2D eigenvalue weighted by Gasteiger charge is -2.21. The number of nitrogens with one attached hydrogen (secondary N) is 1. The number of nitrogens with zero attached hydrogens (tertiary/aromatic N) is 3. The fourth-order valence-corrected chi connectivity index (χ4v) is 2.68. The predicted molar refractivity (Wildman–Crippen MR) is 78.1 cm³/mol. The Morgan fingerprint density at radius 3 is 2.70 bits per heavy atom. The van der Waals surface area contributed by atoms with Crippen LogP contribution in [0.2, 0.25) is 0 Å². The van der Waals surface area contributed by atoms with E-state index in [-0.39, 0.29) is 5.69 Å². The van der Waals surface area contributed by atoms with Crippen molar-refractivity contribution < 1.29 is 4.74 Å².